The van der Waals surface area contributed by atoms with E-state index in [4.69, 9.17) is 5.73 Å². The second kappa shape index (κ2) is 7.09. The quantitative estimate of drug-likeness (QED) is 0.879. The topological polar surface area (TPSA) is 75.4 Å². The van der Waals surface area contributed by atoms with Crippen molar-refractivity contribution in [1.29, 1.82) is 0 Å². The summed E-state index contributed by atoms with van der Waals surface area (Å²) in [4.78, 5) is 20.7. The lowest BCUT2D eigenvalue weighted by atomic mass is 10.2. The van der Waals surface area contributed by atoms with Gasteiger partial charge in [-0.05, 0) is 12.8 Å². The highest BCUT2D eigenvalue weighted by molar-refractivity contribution is 7.09. The van der Waals surface area contributed by atoms with Crippen molar-refractivity contribution in [2.45, 2.75) is 31.7 Å². The SMILES string of the molecule is CCc1nsc(N2CCN(C(=O)C3(N)CC3)CC2)n1.Cl.Cl. The first-order valence-corrected chi connectivity index (χ1v) is 7.55. The molecule has 120 valence electrons. The minimum Gasteiger partial charge on any atom is -0.343 e. The molecule has 0 spiro atoms. The van der Waals surface area contributed by atoms with Crippen molar-refractivity contribution in [3.63, 3.8) is 0 Å². The van der Waals surface area contributed by atoms with Gasteiger partial charge in [-0.2, -0.15) is 4.37 Å². The van der Waals surface area contributed by atoms with Crippen LogP contribution in [0.2, 0.25) is 0 Å². The van der Waals surface area contributed by atoms with Crippen molar-refractivity contribution in [3.05, 3.63) is 5.82 Å². The Labute approximate surface area is 141 Å². The van der Waals surface area contributed by atoms with E-state index in [9.17, 15) is 4.79 Å². The van der Waals surface area contributed by atoms with Crippen LogP contribution in [0.3, 0.4) is 0 Å². The minimum atomic E-state index is -0.541. The van der Waals surface area contributed by atoms with E-state index >= 15 is 0 Å². The molecule has 0 aromatic carbocycles. The van der Waals surface area contributed by atoms with Gasteiger partial charge in [-0.15, -0.1) is 24.8 Å². The van der Waals surface area contributed by atoms with Crippen molar-refractivity contribution in [2.24, 2.45) is 5.73 Å². The van der Waals surface area contributed by atoms with Crippen molar-refractivity contribution in [2.75, 3.05) is 31.1 Å². The normalized spacial score (nSPS) is 19.5. The molecule has 0 unspecified atom stereocenters. The van der Waals surface area contributed by atoms with E-state index in [-0.39, 0.29) is 30.7 Å². The number of aromatic nitrogens is 2. The predicted octanol–water partition coefficient (Wildman–Crippen LogP) is 1.08. The number of rotatable bonds is 3. The molecule has 2 fully saturated rings. The number of piperazine rings is 1. The molecule has 0 radical (unpaired) electrons. The van der Waals surface area contributed by atoms with Crippen LogP contribution in [0.4, 0.5) is 5.13 Å². The van der Waals surface area contributed by atoms with Crippen molar-refractivity contribution < 1.29 is 4.79 Å². The van der Waals surface area contributed by atoms with Gasteiger partial charge in [0.25, 0.3) is 0 Å². The predicted molar refractivity (Wildman–Crippen MR) is 88.7 cm³/mol. The molecule has 3 rings (SSSR count). The average molecular weight is 354 g/mol. The van der Waals surface area contributed by atoms with Gasteiger partial charge in [0.15, 0.2) is 0 Å². The summed E-state index contributed by atoms with van der Waals surface area (Å²) in [6.07, 6.45) is 2.54. The van der Waals surface area contributed by atoms with Crippen LogP contribution in [0.15, 0.2) is 0 Å². The van der Waals surface area contributed by atoms with Crippen molar-refractivity contribution in [3.8, 4) is 0 Å². The van der Waals surface area contributed by atoms with Gasteiger partial charge in [0.05, 0.1) is 5.54 Å². The highest BCUT2D eigenvalue weighted by atomic mass is 35.5. The van der Waals surface area contributed by atoms with Gasteiger partial charge in [0, 0.05) is 44.1 Å². The molecule has 0 atom stereocenters. The van der Waals surface area contributed by atoms with Crippen molar-refractivity contribution in [1.82, 2.24) is 14.3 Å². The summed E-state index contributed by atoms with van der Waals surface area (Å²) >= 11 is 1.44. The van der Waals surface area contributed by atoms with Crippen LogP contribution >= 0.6 is 36.3 Å². The molecular formula is C12H21Cl2N5OS. The highest BCUT2D eigenvalue weighted by Crippen LogP contribution is 2.34. The Hall–Kier alpha value is -0.630. The number of halogens is 2. The first kappa shape index (κ1) is 18.4. The zero-order chi connectivity index (χ0) is 13.5. The van der Waals surface area contributed by atoms with Crippen LogP contribution in [0.5, 0.6) is 0 Å². The third-order valence-corrected chi connectivity index (χ3v) is 4.64. The third-order valence-electron chi connectivity index (χ3n) is 3.83. The first-order chi connectivity index (χ1) is 9.12. The summed E-state index contributed by atoms with van der Waals surface area (Å²) in [5, 5.41) is 0.970. The zero-order valence-corrected chi connectivity index (χ0v) is 14.4. The minimum absolute atomic E-state index is 0. The summed E-state index contributed by atoms with van der Waals surface area (Å²) in [6.45, 7) is 5.16. The fraction of sp³-hybridized carbons (Fsp3) is 0.750. The standard InChI is InChI=1S/C12H19N5OS.2ClH/c1-2-9-14-11(19-15-9)17-7-5-16(6-8-17)10(18)12(13)3-4-12;;/h2-8,13H2,1H3;2*1H. The molecule has 2 N–H and O–H groups in total. The maximum atomic E-state index is 12.1. The smallest absolute Gasteiger partial charge is 0.242 e. The zero-order valence-electron chi connectivity index (χ0n) is 11.9. The van der Waals surface area contributed by atoms with E-state index in [1.807, 2.05) is 4.90 Å². The van der Waals surface area contributed by atoms with Crippen LogP contribution in [0, 0.1) is 0 Å². The van der Waals surface area contributed by atoms with Gasteiger partial charge in [0.2, 0.25) is 11.0 Å². The Morgan fingerprint density at radius 3 is 2.38 bits per heavy atom. The fourth-order valence-electron chi connectivity index (χ4n) is 2.28. The van der Waals surface area contributed by atoms with Crippen molar-refractivity contribution >= 4 is 47.4 Å². The summed E-state index contributed by atoms with van der Waals surface area (Å²) in [7, 11) is 0. The number of hydrogen-bond donors (Lipinski definition) is 1. The van der Waals surface area contributed by atoms with Gasteiger partial charge < -0.3 is 15.5 Å². The summed E-state index contributed by atoms with van der Waals surface area (Å²) in [5.41, 5.74) is 5.42. The van der Waals surface area contributed by atoms with E-state index in [1.54, 1.807) is 0 Å². The van der Waals surface area contributed by atoms with Crippen LogP contribution in [0.25, 0.3) is 0 Å². The maximum Gasteiger partial charge on any atom is 0.242 e. The molecule has 1 aliphatic carbocycles. The Bertz CT molecular complexity index is 486. The lowest BCUT2D eigenvalue weighted by Gasteiger charge is -2.35. The summed E-state index contributed by atoms with van der Waals surface area (Å²) in [6, 6.07) is 0. The Balaban J connectivity index is 0.00000110. The van der Waals surface area contributed by atoms with Gasteiger partial charge in [-0.25, -0.2) is 4.98 Å². The number of carbonyl (C=O) groups excluding carboxylic acids is 1. The number of anilines is 1. The van der Waals surface area contributed by atoms with Gasteiger partial charge in [-0.3, -0.25) is 4.79 Å². The molecule has 2 aliphatic rings. The van der Waals surface area contributed by atoms with Crippen LogP contribution in [0.1, 0.15) is 25.6 Å². The molecule has 9 heteroatoms. The summed E-state index contributed by atoms with van der Waals surface area (Å²) < 4.78 is 4.30. The number of amides is 1. The monoisotopic (exact) mass is 353 g/mol. The van der Waals surface area contributed by atoms with Gasteiger partial charge >= 0.3 is 0 Å². The molecule has 6 nitrogen and oxygen atoms in total. The van der Waals surface area contributed by atoms with Crippen LogP contribution in [-0.4, -0.2) is 51.9 Å². The number of nitrogens with two attached hydrogens (primary N) is 1. The number of carbonyl (C=O) groups is 1. The van der Waals surface area contributed by atoms with Gasteiger partial charge in [0.1, 0.15) is 5.82 Å². The Kier molecular flexibility index (Phi) is 6.22. The molecule has 1 saturated carbocycles. The molecule has 2 heterocycles. The van der Waals surface area contributed by atoms with E-state index in [0.717, 1.165) is 56.4 Å². The van der Waals surface area contributed by atoms with E-state index in [0.29, 0.717) is 0 Å². The Morgan fingerprint density at radius 2 is 1.90 bits per heavy atom. The fourth-order valence-corrected chi connectivity index (χ4v) is 3.08. The highest BCUT2D eigenvalue weighted by Gasteiger charge is 2.48. The molecule has 1 saturated heterocycles. The lowest BCUT2D eigenvalue weighted by Crippen LogP contribution is -2.54. The number of hydrogen-bond acceptors (Lipinski definition) is 6. The Morgan fingerprint density at radius 1 is 1.29 bits per heavy atom. The molecule has 21 heavy (non-hydrogen) atoms. The second-order valence-corrected chi connectivity index (χ2v) is 6.01. The molecule has 0 bridgehead atoms. The number of nitrogens with zero attached hydrogens (tertiary/aromatic N) is 4. The van der Waals surface area contributed by atoms with E-state index < -0.39 is 5.54 Å². The summed E-state index contributed by atoms with van der Waals surface area (Å²) in [5.74, 6) is 1.02. The van der Waals surface area contributed by atoms with Crippen LogP contribution in [-0.2, 0) is 11.2 Å². The molecule has 1 aromatic heterocycles. The lowest BCUT2D eigenvalue weighted by molar-refractivity contribution is -0.133. The second-order valence-electron chi connectivity index (χ2n) is 5.28. The molecule has 1 amide bonds. The van der Waals surface area contributed by atoms with Gasteiger partial charge in [-0.1, -0.05) is 6.92 Å². The molecular weight excluding hydrogens is 333 g/mol. The van der Waals surface area contributed by atoms with E-state index in [1.165, 1.54) is 11.5 Å². The third kappa shape index (κ3) is 3.77. The molecule has 1 aliphatic heterocycles. The van der Waals surface area contributed by atoms with E-state index in [2.05, 4.69) is 21.2 Å². The maximum absolute atomic E-state index is 12.1. The molecule has 1 aromatic rings. The largest absolute Gasteiger partial charge is 0.343 e. The first-order valence-electron chi connectivity index (χ1n) is 6.78. The average Bonchev–Trinajstić information content (AvgIpc) is 3.03. The van der Waals surface area contributed by atoms with Crippen LogP contribution < -0.4 is 10.6 Å². The number of aryl methyl sites for hydroxylation is 1.